The highest BCUT2D eigenvalue weighted by molar-refractivity contribution is 5.72. The Morgan fingerprint density at radius 3 is 2.50 bits per heavy atom. The maximum atomic E-state index is 11.2. The summed E-state index contributed by atoms with van der Waals surface area (Å²) < 4.78 is 4.71. The van der Waals surface area contributed by atoms with Gasteiger partial charge in [0.2, 0.25) is 0 Å². The average Bonchev–Trinajstić information content (AvgIpc) is 2.35. The molecule has 1 saturated carbocycles. The zero-order chi connectivity index (χ0) is 12.0. The molecule has 3 heteroatoms. The standard InChI is InChI=1S/C13H25NO2/c1-4-11-5-7-12(8-6-11)14-9-10(2)13(15)16-3/h10-12,14H,4-9H2,1-3H3. The molecule has 1 aliphatic carbocycles. The van der Waals surface area contributed by atoms with Crippen molar-refractivity contribution in [3.05, 3.63) is 0 Å². The lowest BCUT2D eigenvalue weighted by Gasteiger charge is -2.29. The number of hydrogen-bond acceptors (Lipinski definition) is 3. The topological polar surface area (TPSA) is 38.3 Å². The zero-order valence-corrected chi connectivity index (χ0v) is 10.8. The summed E-state index contributed by atoms with van der Waals surface area (Å²) in [5.74, 6) is 0.778. The summed E-state index contributed by atoms with van der Waals surface area (Å²) in [6.45, 7) is 4.93. The Bertz CT molecular complexity index is 210. The van der Waals surface area contributed by atoms with Crippen LogP contribution in [0.15, 0.2) is 0 Å². The summed E-state index contributed by atoms with van der Waals surface area (Å²) in [6, 6.07) is 0.606. The second-order valence-corrected chi connectivity index (χ2v) is 4.96. The predicted molar refractivity (Wildman–Crippen MR) is 65.2 cm³/mol. The summed E-state index contributed by atoms with van der Waals surface area (Å²) in [7, 11) is 1.45. The van der Waals surface area contributed by atoms with Gasteiger partial charge in [-0.05, 0) is 31.6 Å². The van der Waals surface area contributed by atoms with Crippen LogP contribution in [-0.2, 0) is 9.53 Å². The lowest BCUT2D eigenvalue weighted by Crippen LogP contribution is -2.37. The molecule has 0 amide bonds. The molecule has 94 valence electrons. The Hall–Kier alpha value is -0.570. The van der Waals surface area contributed by atoms with E-state index in [0.29, 0.717) is 6.04 Å². The van der Waals surface area contributed by atoms with Crippen molar-refractivity contribution in [2.45, 2.75) is 52.0 Å². The van der Waals surface area contributed by atoms with Crippen molar-refractivity contribution >= 4 is 5.97 Å². The third-order valence-electron chi connectivity index (χ3n) is 3.74. The number of nitrogens with one attached hydrogen (secondary N) is 1. The van der Waals surface area contributed by atoms with Crippen molar-refractivity contribution in [3.8, 4) is 0 Å². The fraction of sp³-hybridized carbons (Fsp3) is 0.923. The van der Waals surface area contributed by atoms with Gasteiger partial charge in [-0.3, -0.25) is 4.79 Å². The van der Waals surface area contributed by atoms with E-state index < -0.39 is 0 Å². The maximum Gasteiger partial charge on any atom is 0.309 e. The van der Waals surface area contributed by atoms with Gasteiger partial charge in [-0.1, -0.05) is 20.3 Å². The Balaban J connectivity index is 2.17. The molecule has 0 aliphatic heterocycles. The van der Waals surface area contributed by atoms with E-state index >= 15 is 0 Å². The van der Waals surface area contributed by atoms with E-state index in [0.717, 1.165) is 12.5 Å². The fourth-order valence-electron chi connectivity index (χ4n) is 2.40. The minimum absolute atomic E-state index is 0.0334. The quantitative estimate of drug-likeness (QED) is 0.733. The van der Waals surface area contributed by atoms with Crippen LogP contribution in [0.25, 0.3) is 0 Å². The van der Waals surface area contributed by atoms with Crippen molar-refractivity contribution in [2.75, 3.05) is 13.7 Å². The molecule has 1 fully saturated rings. The van der Waals surface area contributed by atoms with Gasteiger partial charge in [0.1, 0.15) is 0 Å². The molecule has 16 heavy (non-hydrogen) atoms. The molecule has 1 N–H and O–H groups in total. The van der Waals surface area contributed by atoms with Crippen molar-refractivity contribution in [1.82, 2.24) is 5.32 Å². The van der Waals surface area contributed by atoms with Crippen LogP contribution in [0.5, 0.6) is 0 Å². The monoisotopic (exact) mass is 227 g/mol. The zero-order valence-electron chi connectivity index (χ0n) is 10.8. The van der Waals surface area contributed by atoms with Gasteiger partial charge in [-0.2, -0.15) is 0 Å². The number of carbonyl (C=O) groups excluding carboxylic acids is 1. The molecule has 0 heterocycles. The SMILES string of the molecule is CCC1CCC(NCC(C)C(=O)OC)CC1. The Labute approximate surface area is 98.9 Å². The molecule has 1 rings (SSSR count). The molecule has 1 atom stereocenters. The van der Waals surface area contributed by atoms with Crippen LogP contribution in [0, 0.1) is 11.8 Å². The first-order valence-electron chi connectivity index (χ1n) is 6.48. The number of methoxy groups -OCH3 is 1. The van der Waals surface area contributed by atoms with Crippen molar-refractivity contribution in [1.29, 1.82) is 0 Å². The minimum Gasteiger partial charge on any atom is -0.469 e. The maximum absolute atomic E-state index is 11.2. The van der Waals surface area contributed by atoms with E-state index in [1.54, 1.807) is 0 Å². The summed E-state index contributed by atoms with van der Waals surface area (Å²) in [5, 5.41) is 3.48. The van der Waals surface area contributed by atoms with E-state index in [1.807, 2.05) is 6.92 Å². The van der Waals surface area contributed by atoms with Gasteiger partial charge in [0.15, 0.2) is 0 Å². The van der Waals surface area contributed by atoms with Crippen molar-refractivity contribution < 1.29 is 9.53 Å². The van der Waals surface area contributed by atoms with Crippen LogP contribution in [-0.4, -0.2) is 25.7 Å². The van der Waals surface area contributed by atoms with E-state index in [4.69, 9.17) is 4.74 Å². The highest BCUT2D eigenvalue weighted by Gasteiger charge is 2.21. The first-order chi connectivity index (χ1) is 7.67. The van der Waals surface area contributed by atoms with Gasteiger partial charge in [0.25, 0.3) is 0 Å². The first-order valence-corrected chi connectivity index (χ1v) is 6.48. The number of esters is 1. The van der Waals surface area contributed by atoms with E-state index in [9.17, 15) is 4.79 Å². The molecule has 1 unspecified atom stereocenters. The van der Waals surface area contributed by atoms with Gasteiger partial charge in [0.05, 0.1) is 13.0 Å². The van der Waals surface area contributed by atoms with Crippen LogP contribution in [0.4, 0.5) is 0 Å². The third-order valence-corrected chi connectivity index (χ3v) is 3.74. The van der Waals surface area contributed by atoms with Crippen LogP contribution >= 0.6 is 0 Å². The summed E-state index contributed by atoms with van der Waals surface area (Å²) in [4.78, 5) is 11.2. The Kier molecular flexibility index (Phi) is 5.81. The lowest BCUT2D eigenvalue weighted by atomic mass is 9.84. The summed E-state index contributed by atoms with van der Waals surface area (Å²) in [5.41, 5.74) is 0. The van der Waals surface area contributed by atoms with Gasteiger partial charge < -0.3 is 10.1 Å². The van der Waals surface area contributed by atoms with Crippen LogP contribution in [0.3, 0.4) is 0 Å². The van der Waals surface area contributed by atoms with Gasteiger partial charge in [-0.15, -0.1) is 0 Å². The largest absolute Gasteiger partial charge is 0.469 e. The number of carbonyl (C=O) groups is 1. The highest BCUT2D eigenvalue weighted by Crippen LogP contribution is 2.26. The second-order valence-electron chi connectivity index (χ2n) is 4.96. The molecule has 1 aliphatic rings. The Morgan fingerprint density at radius 2 is 2.00 bits per heavy atom. The number of ether oxygens (including phenoxy) is 1. The lowest BCUT2D eigenvalue weighted by molar-refractivity contribution is -0.144. The normalized spacial score (nSPS) is 27.4. The number of rotatable bonds is 5. The molecule has 0 radical (unpaired) electrons. The van der Waals surface area contributed by atoms with E-state index in [1.165, 1.54) is 39.2 Å². The smallest absolute Gasteiger partial charge is 0.309 e. The van der Waals surface area contributed by atoms with Crippen molar-refractivity contribution in [2.24, 2.45) is 11.8 Å². The van der Waals surface area contributed by atoms with Gasteiger partial charge in [-0.25, -0.2) is 0 Å². The molecule has 0 saturated heterocycles. The second kappa shape index (κ2) is 6.89. The molecule has 0 bridgehead atoms. The molecular formula is C13H25NO2. The Morgan fingerprint density at radius 1 is 1.38 bits per heavy atom. The highest BCUT2D eigenvalue weighted by atomic mass is 16.5. The molecule has 0 aromatic rings. The van der Waals surface area contributed by atoms with Gasteiger partial charge >= 0.3 is 5.97 Å². The van der Waals surface area contributed by atoms with Crippen LogP contribution in [0.2, 0.25) is 0 Å². The van der Waals surface area contributed by atoms with Gasteiger partial charge in [0, 0.05) is 12.6 Å². The predicted octanol–water partition coefficient (Wildman–Crippen LogP) is 2.35. The molecule has 3 nitrogen and oxygen atoms in total. The molecule has 0 aromatic heterocycles. The van der Waals surface area contributed by atoms with Crippen LogP contribution in [0.1, 0.15) is 46.0 Å². The summed E-state index contributed by atoms with van der Waals surface area (Å²) in [6.07, 6.45) is 6.49. The van der Waals surface area contributed by atoms with Crippen LogP contribution < -0.4 is 5.32 Å². The summed E-state index contributed by atoms with van der Waals surface area (Å²) >= 11 is 0. The number of hydrogen-bond donors (Lipinski definition) is 1. The van der Waals surface area contributed by atoms with E-state index in [-0.39, 0.29) is 11.9 Å². The molecule has 0 spiro atoms. The molecule has 0 aromatic carbocycles. The van der Waals surface area contributed by atoms with E-state index in [2.05, 4.69) is 12.2 Å². The average molecular weight is 227 g/mol. The fourth-order valence-corrected chi connectivity index (χ4v) is 2.40. The first kappa shape index (κ1) is 13.5. The van der Waals surface area contributed by atoms with Crippen molar-refractivity contribution in [3.63, 3.8) is 0 Å². The molecular weight excluding hydrogens is 202 g/mol. The minimum atomic E-state index is -0.116. The third kappa shape index (κ3) is 4.12.